The lowest BCUT2D eigenvalue weighted by Crippen LogP contribution is -2.30. The van der Waals surface area contributed by atoms with E-state index in [1.807, 2.05) is 0 Å². The van der Waals surface area contributed by atoms with E-state index in [1.165, 1.54) is 18.2 Å². The van der Waals surface area contributed by atoms with Gasteiger partial charge in [0.15, 0.2) is 0 Å². The van der Waals surface area contributed by atoms with Crippen LogP contribution in [0.3, 0.4) is 0 Å². The molecule has 18 heavy (non-hydrogen) atoms. The highest BCUT2D eigenvalue weighted by Crippen LogP contribution is 2.19. The van der Waals surface area contributed by atoms with Crippen molar-refractivity contribution >= 4 is 21.8 Å². The molecule has 1 rings (SSSR count). The van der Waals surface area contributed by atoms with Gasteiger partial charge in [0.1, 0.15) is 12.2 Å². The number of halogens is 5. The molecule has 0 saturated heterocycles. The Bertz CT molecular complexity index is 434. The Morgan fingerprint density at radius 1 is 1.33 bits per heavy atom. The summed E-state index contributed by atoms with van der Waals surface area (Å²) in [4.78, 5) is 10.9. The lowest BCUT2D eigenvalue weighted by atomic mass is 10.1. The number of carbonyl (C=O) groups is 1. The lowest BCUT2D eigenvalue weighted by molar-refractivity contribution is -0.153. The summed E-state index contributed by atoms with van der Waals surface area (Å²) in [6, 6.07) is 4.28. The van der Waals surface area contributed by atoms with Gasteiger partial charge in [-0.05, 0) is 40.0 Å². The van der Waals surface area contributed by atoms with Crippen molar-refractivity contribution in [1.29, 1.82) is 0 Å². The molecule has 0 heterocycles. The molecule has 0 bridgehead atoms. The van der Waals surface area contributed by atoms with Crippen LogP contribution < -0.4 is 5.32 Å². The number of rotatable bonds is 4. The monoisotopic (exact) mass is 327 g/mol. The number of alkyl halides is 3. The Labute approximate surface area is 109 Å². The Morgan fingerprint density at radius 3 is 2.56 bits per heavy atom. The molecule has 0 aliphatic heterocycles. The lowest BCUT2D eigenvalue weighted by Gasteiger charge is -2.08. The molecule has 0 unspecified atom stereocenters. The SMILES string of the molecule is O=C(CC(F)(F)F)NCCc1ccc(F)c(Br)c1. The fourth-order valence-corrected chi connectivity index (χ4v) is 1.71. The summed E-state index contributed by atoms with van der Waals surface area (Å²) < 4.78 is 48.7. The molecular weight excluding hydrogens is 318 g/mol. The summed E-state index contributed by atoms with van der Waals surface area (Å²) >= 11 is 3.00. The topological polar surface area (TPSA) is 29.1 Å². The first-order valence-electron chi connectivity index (χ1n) is 5.05. The van der Waals surface area contributed by atoms with Crippen molar-refractivity contribution in [1.82, 2.24) is 5.32 Å². The van der Waals surface area contributed by atoms with Crippen molar-refractivity contribution in [3.8, 4) is 0 Å². The minimum absolute atomic E-state index is 0.0764. The number of hydrogen-bond donors (Lipinski definition) is 1. The molecule has 1 N–H and O–H groups in total. The maximum absolute atomic E-state index is 12.9. The average Bonchev–Trinajstić information content (AvgIpc) is 2.20. The third-order valence-electron chi connectivity index (χ3n) is 2.08. The minimum atomic E-state index is -4.50. The summed E-state index contributed by atoms with van der Waals surface area (Å²) in [5.74, 6) is -1.48. The zero-order chi connectivity index (χ0) is 13.8. The summed E-state index contributed by atoms with van der Waals surface area (Å²) in [6.07, 6.45) is -5.65. The van der Waals surface area contributed by atoms with Gasteiger partial charge in [-0.1, -0.05) is 6.07 Å². The fraction of sp³-hybridized carbons (Fsp3) is 0.364. The third-order valence-corrected chi connectivity index (χ3v) is 2.69. The van der Waals surface area contributed by atoms with Crippen molar-refractivity contribution in [2.75, 3.05) is 6.54 Å². The highest BCUT2D eigenvalue weighted by atomic mass is 79.9. The van der Waals surface area contributed by atoms with Gasteiger partial charge < -0.3 is 5.32 Å². The van der Waals surface area contributed by atoms with Crippen LogP contribution in [-0.2, 0) is 11.2 Å². The zero-order valence-corrected chi connectivity index (χ0v) is 10.7. The van der Waals surface area contributed by atoms with Crippen LogP contribution in [0.4, 0.5) is 17.6 Å². The molecule has 1 aromatic carbocycles. The Balaban J connectivity index is 2.38. The van der Waals surface area contributed by atoms with E-state index in [-0.39, 0.29) is 11.0 Å². The maximum Gasteiger partial charge on any atom is 0.397 e. The van der Waals surface area contributed by atoms with E-state index in [9.17, 15) is 22.4 Å². The predicted molar refractivity (Wildman–Crippen MR) is 61.5 cm³/mol. The molecule has 0 saturated carbocycles. The molecule has 1 amide bonds. The van der Waals surface area contributed by atoms with E-state index in [1.54, 1.807) is 0 Å². The first-order chi connectivity index (χ1) is 8.28. The zero-order valence-electron chi connectivity index (χ0n) is 9.15. The Morgan fingerprint density at radius 2 is 2.00 bits per heavy atom. The number of amides is 1. The second kappa shape index (κ2) is 6.17. The van der Waals surface area contributed by atoms with Gasteiger partial charge in [-0.15, -0.1) is 0 Å². The molecule has 0 spiro atoms. The van der Waals surface area contributed by atoms with E-state index in [2.05, 4.69) is 21.2 Å². The van der Waals surface area contributed by atoms with Gasteiger partial charge in [0.2, 0.25) is 5.91 Å². The number of hydrogen-bond acceptors (Lipinski definition) is 1. The van der Waals surface area contributed by atoms with E-state index in [0.717, 1.165) is 5.56 Å². The molecule has 7 heteroatoms. The summed E-state index contributed by atoms with van der Waals surface area (Å²) in [5, 5.41) is 2.15. The van der Waals surface area contributed by atoms with Crippen LogP contribution in [0.25, 0.3) is 0 Å². The van der Waals surface area contributed by atoms with E-state index >= 15 is 0 Å². The van der Waals surface area contributed by atoms with Crippen LogP contribution in [0.2, 0.25) is 0 Å². The van der Waals surface area contributed by atoms with E-state index in [0.29, 0.717) is 6.42 Å². The molecular formula is C11H10BrF4NO. The molecule has 2 nitrogen and oxygen atoms in total. The van der Waals surface area contributed by atoms with Crippen LogP contribution in [0, 0.1) is 5.82 Å². The second-order valence-electron chi connectivity index (χ2n) is 3.64. The standard InChI is InChI=1S/C11H10BrF4NO/c12-8-5-7(1-2-9(8)13)3-4-17-10(18)6-11(14,15)16/h1-2,5H,3-4,6H2,(H,17,18). The molecule has 0 atom stereocenters. The number of carbonyl (C=O) groups excluding carboxylic acids is 1. The van der Waals surface area contributed by atoms with Crippen LogP contribution in [-0.4, -0.2) is 18.6 Å². The van der Waals surface area contributed by atoms with Crippen molar-refractivity contribution < 1.29 is 22.4 Å². The largest absolute Gasteiger partial charge is 0.397 e. The highest BCUT2D eigenvalue weighted by Gasteiger charge is 2.30. The average molecular weight is 328 g/mol. The second-order valence-corrected chi connectivity index (χ2v) is 4.49. The van der Waals surface area contributed by atoms with Gasteiger partial charge in [0, 0.05) is 6.54 Å². The smallest absolute Gasteiger partial charge is 0.355 e. The van der Waals surface area contributed by atoms with Crippen molar-refractivity contribution in [2.45, 2.75) is 19.0 Å². The maximum atomic E-state index is 12.9. The van der Waals surface area contributed by atoms with Gasteiger partial charge in [-0.25, -0.2) is 4.39 Å². The normalized spacial score (nSPS) is 11.4. The number of benzene rings is 1. The summed E-state index contributed by atoms with van der Waals surface area (Å²) in [6.45, 7) is 0.0764. The molecule has 100 valence electrons. The van der Waals surface area contributed by atoms with Crippen molar-refractivity contribution in [3.63, 3.8) is 0 Å². The van der Waals surface area contributed by atoms with Gasteiger partial charge in [-0.3, -0.25) is 4.79 Å². The van der Waals surface area contributed by atoms with Crippen LogP contribution in [0.1, 0.15) is 12.0 Å². The Hall–Kier alpha value is -1.11. The molecule has 0 aromatic heterocycles. The molecule has 0 fully saturated rings. The van der Waals surface area contributed by atoms with E-state index < -0.39 is 24.3 Å². The third kappa shape index (κ3) is 5.48. The molecule has 0 aliphatic carbocycles. The first-order valence-corrected chi connectivity index (χ1v) is 5.84. The van der Waals surface area contributed by atoms with Crippen LogP contribution in [0.15, 0.2) is 22.7 Å². The quantitative estimate of drug-likeness (QED) is 0.845. The van der Waals surface area contributed by atoms with Crippen molar-refractivity contribution in [2.24, 2.45) is 0 Å². The Kier molecular flexibility index (Phi) is 5.13. The number of nitrogens with one attached hydrogen (secondary N) is 1. The van der Waals surface area contributed by atoms with Gasteiger partial charge >= 0.3 is 6.18 Å². The first kappa shape index (κ1) is 14.9. The molecule has 0 aliphatic rings. The van der Waals surface area contributed by atoms with Gasteiger partial charge in [-0.2, -0.15) is 13.2 Å². The molecule has 1 aromatic rings. The van der Waals surface area contributed by atoms with E-state index in [4.69, 9.17) is 0 Å². The van der Waals surface area contributed by atoms with Crippen molar-refractivity contribution in [3.05, 3.63) is 34.1 Å². The fourth-order valence-electron chi connectivity index (χ4n) is 1.29. The van der Waals surface area contributed by atoms with Crippen LogP contribution in [0.5, 0.6) is 0 Å². The highest BCUT2D eigenvalue weighted by molar-refractivity contribution is 9.10. The molecule has 0 radical (unpaired) electrons. The minimum Gasteiger partial charge on any atom is -0.355 e. The van der Waals surface area contributed by atoms with Gasteiger partial charge in [0.05, 0.1) is 4.47 Å². The van der Waals surface area contributed by atoms with Gasteiger partial charge in [0.25, 0.3) is 0 Å². The summed E-state index contributed by atoms with van der Waals surface area (Å²) in [7, 11) is 0. The predicted octanol–water partition coefficient (Wildman–Crippen LogP) is 3.20. The van der Waals surface area contributed by atoms with Crippen LogP contribution >= 0.6 is 15.9 Å². The summed E-state index contributed by atoms with van der Waals surface area (Å²) in [5.41, 5.74) is 0.718.